The number of rotatable bonds is 6. The van der Waals surface area contributed by atoms with Crippen LogP contribution in [0.4, 0.5) is 5.69 Å². The fourth-order valence-electron chi connectivity index (χ4n) is 3.88. The van der Waals surface area contributed by atoms with Crippen molar-refractivity contribution >= 4 is 5.69 Å². The largest absolute Gasteiger partial charge is 0.369 e. The van der Waals surface area contributed by atoms with Gasteiger partial charge in [0, 0.05) is 37.6 Å². The number of aromatic nitrogens is 2. The molecule has 0 amide bonds. The summed E-state index contributed by atoms with van der Waals surface area (Å²) in [5.74, 6) is 0. The Hall–Kier alpha value is -2.59. The van der Waals surface area contributed by atoms with Gasteiger partial charge in [-0.3, -0.25) is 4.90 Å². The summed E-state index contributed by atoms with van der Waals surface area (Å²) in [6.45, 7) is 7.75. The molecule has 4 rings (SSSR count). The van der Waals surface area contributed by atoms with Gasteiger partial charge in [-0.25, -0.2) is 4.68 Å². The molecule has 0 unspecified atom stereocenters. The number of anilines is 1. The van der Waals surface area contributed by atoms with E-state index in [1.807, 2.05) is 0 Å². The van der Waals surface area contributed by atoms with Crippen molar-refractivity contribution in [3.8, 4) is 5.69 Å². The zero-order chi connectivity index (χ0) is 18.5. The molecule has 2 heterocycles. The Morgan fingerprint density at radius 2 is 1.44 bits per heavy atom. The summed E-state index contributed by atoms with van der Waals surface area (Å²) in [4.78, 5) is 5.08. The van der Waals surface area contributed by atoms with E-state index >= 15 is 0 Å². The Balaban J connectivity index is 1.29. The third kappa shape index (κ3) is 4.40. The molecule has 0 radical (unpaired) electrons. The van der Waals surface area contributed by atoms with E-state index in [9.17, 15) is 0 Å². The van der Waals surface area contributed by atoms with Crippen LogP contribution in [-0.2, 0) is 6.42 Å². The van der Waals surface area contributed by atoms with E-state index < -0.39 is 0 Å². The normalized spacial score (nSPS) is 15.2. The fourth-order valence-corrected chi connectivity index (χ4v) is 3.88. The molecule has 1 aromatic heterocycles. The second-order valence-corrected chi connectivity index (χ2v) is 7.29. The number of hydrogen-bond acceptors (Lipinski definition) is 3. The molecule has 1 fully saturated rings. The van der Waals surface area contributed by atoms with Crippen LogP contribution >= 0.6 is 0 Å². The zero-order valence-corrected chi connectivity index (χ0v) is 16.1. The van der Waals surface area contributed by atoms with Crippen LogP contribution in [0.2, 0.25) is 0 Å². The van der Waals surface area contributed by atoms with Crippen molar-refractivity contribution in [3.05, 3.63) is 78.1 Å². The van der Waals surface area contributed by atoms with Crippen molar-refractivity contribution in [3.63, 3.8) is 0 Å². The first-order chi connectivity index (χ1) is 13.3. The van der Waals surface area contributed by atoms with Crippen molar-refractivity contribution in [2.45, 2.75) is 19.8 Å². The maximum Gasteiger partial charge on any atom is 0.0648 e. The van der Waals surface area contributed by atoms with Crippen LogP contribution in [-0.4, -0.2) is 47.4 Å². The van der Waals surface area contributed by atoms with Gasteiger partial charge in [-0.15, -0.1) is 0 Å². The van der Waals surface area contributed by atoms with Gasteiger partial charge < -0.3 is 4.90 Å². The number of hydrogen-bond donors (Lipinski definition) is 0. The van der Waals surface area contributed by atoms with Crippen molar-refractivity contribution < 1.29 is 0 Å². The summed E-state index contributed by atoms with van der Waals surface area (Å²) in [5.41, 5.74) is 4.89. The molecule has 0 bridgehead atoms. The van der Waals surface area contributed by atoms with Gasteiger partial charge in [0.25, 0.3) is 0 Å². The van der Waals surface area contributed by atoms with Crippen molar-refractivity contribution in [2.75, 3.05) is 37.6 Å². The summed E-state index contributed by atoms with van der Waals surface area (Å²) in [6.07, 6.45) is 2.23. The van der Waals surface area contributed by atoms with E-state index in [2.05, 4.69) is 93.2 Å². The second-order valence-electron chi connectivity index (χ2n) is 7.29. The molecule has 27 heavy (non-hydrogen) atoms. The fraction of sp³-hybridized carbons (Fsp3) is 0.348. The molecule has 1 saturated heterocycles. The first-order valence-electron chi connectivity index (χ1n) is 9.93. The quantitative estimate of drug-likeness (QED) is 0.666. The number of benzene rings is 2. The maximum absolute atomic E-state index is 4.69. The molecule has 140 valence electrons. The summed E-state index contributed by atoms with van der Waals surface area (Å²) in [6, 6.07) is 23.4. The molecule has 3 aromatic rings. The Bertz CT molecular complexity index is 833. The van der Waals surface area contributed by atoms with Gasteiger partial charge >= 0.3 is 0 Å². The van der Waals surface area contributed by atoms with Gasteiger partial charge in [0.05, 0.1) is 11.4 Å². The van der Waals surface area contributed by atoms with Crippen LogP contribution in [0.15, 0.2) is 66.7 Å². The maximum atomic E-state index is 4.69. The van der Waals surface area contributed by atoms with Crippen LogP contribution in [0, 0.1) is 6.92 Å². The average Bonchev–Trinajstić information content (AvgIpc) is 3.10. The van der Waals surface area contributed by atoms with Gasteiger partial charge in [0.1, 0.15) is 0 Å². The predicted octanol–water partition coefficient (Wildman–Crippen LogP) is 3.94. The Labute approximate surface area is 162 Å². The lowest BCUT2D eigenvalue weighted by atomic mass is 10.2. The monoisotopic (exact) mass is 360 g/mol. The number of nitrogens with zero attached hydrogens (tertiary/aromatic N) is 4. The van der Waals surface area contributed by atoms with Crippen LogP contribution < -0.4 is 4.90 Å². The minimum atomic E-state index is 1.06. The molecule has 0 atom stereocenters. The van der Waals surface area contributed by atoms with Crippen LogP contribution in [0.3, 0.4) is 0 Å². The lowest BCUT2D eigenvalue weighted by molar-refractivity contribution is 0.254. The van der Waals surface area contributed by atoms with E-state index in [1.165, 1.54) is 17.8 Å². The highest BCUT2D eigenvalue weighted by Gasteiger charge is 2.17. The van der Waals surface area contributed by atoms with E-state index in [-0.39, 0.29) is 0 Å². The third-order valence-electron chi connectivity index (χ3n) is 5.31. The molecule has 0 saturated carbocycles. The van der Waals surface area contributed by atoms with E-state index in [4.69, 9.17) is 0 Å². The van der Waals surface area contributed by atoms with E-state index in [0.29, 0.717) is 0 Å². The van der Waals surface area contributed by atoms with Gasteiger partial charge in [-0.05, 0) is 56.6 Å². The standard InChI is InChI=1S/C23H28N4/c1-20-19-23(27(24-20)22-11-6-3-7-12-22)13-8-14-25-15-17-26(18-16-25)21-9-4-2-5-10-21/h2-7,9-12,19H,8,13-18H2,1H3. The Morgan fingerprint density at radius 1 is 0.815 bits per heavy atom. The second kappa shape index (κ2) is 8.40. The van der Waals surface area contributed by atoms with Gasteiger partial charge in [-0.1, -0.05) is 36.4 Å². The first kappa shape index (κ1) is 17.8. The van der Waals surface area contributed by atoms with Crippen LogP contribution in [0.25, 0.3) is 5.69 Å². The Morgan fingerprint density at radius 3 is 2.11 bits per heavy atom. The van der Waals surface area contributed by atoms with Crippen molar-refractivity contribution in [2.24, 2.45) is 0 Å². The highest BCUT2D eigenvalue weighted by atomic mass is 15.3. The predicted molar refractivity (Wildman–Crippen MR) is 112 cm³/mol. The van der Waals surface area contributed by atoms with E-state index in [0.717, 1.165) is 50.5 Å². The number of para-hydroxylation sites is 2. The van der Waals surface area contributed by atoms with Crippen LogP contribution in [0.1, 0.15) is 17.8 Å². The molecular weight excluding hydrogens is 332 g/mol. The topological polar surface area (TPSA) is 24.3 Å². The summed E-state index contributed by atoms with van der Waals surface area (Å²) < 4.78 is 2.10. The van der Waals surface area contributed by atoms with Crippen LogP contribution in [0.5, 0.6) is 0 Å². The smallest absolute Gasteiger partial charge is 0.0648 e. The third-order valence-corrected chi connectivity index (χ3v) is 5.31. The molecule has 4 heteroatoms. The minimum absolute atomic E-state index is 1.06. The zero-order valence-electron chi connectivity index (χ0n) is 16.1. The van der Waals surface area contributed by atoms with E-state index in [1.54, 1.807) is 0 Å². The summed E-state index contributed by atoms with van der Waals surface area (Å²) in [5, 5.41) is 4.69. The molecule has 0 aliphatic carbocycles. The molecule has 1 aliphatic heterocycles. The average molecular weight is 361 g/mol. The highest BCUT2D eigenvalue weighted by Crippen LogP contribution is 2.17. The summed E-state index contributed by atoms with van der Waals surface area (Å²) >= 11 is 0. The molecule has 4 nitrogen and oxygen atoms in total. The van der Waals surface area contributed by atoms with Gasteiger partial charge in [0.2, 0.25) is 0 Å². The number of aryl methyl sites for hydroxylation is 2. The molecule has 0 spiro atoms. The van der Waals surface area contributed by atoms with Crippen molar-refractivity contribution in [1.29, 1.82) is 0 Å². The lowest BCUT2D eigenvalue weighted by Gasteiger charge is -2.36. The highest BCUT2D eigenvalue weighted by molar-refractivity contribution is 5.46. The summed E-state index contributed by atoms with van der Waals surface area (Å²) in [7, 11) is 0. The Kier molecular flexibility index (Phi) is 5.54. The molecule has 1 aliphatic rings. The molecule has 0 N–H and O–H groups in total. The SMILES string of the molecule is Cc1cc(CCCN2CCN(c3ccccc3)CC2)n(-c2ccccc2)n1. The van der Waals surface area contributed by atoms with Crippen molar-refractivity contribution in [1.82, 2.24) is 14.7 Å². The van der Waals surface area contributed by atoms with Gasteiger partial charge in [0.15, 0.2) is 0 Å². The molecule has 2 aromatic carbocycles. The lowest BCUT2D eigenvalue weighted by Crippen LogP contribution is -2.46. The van der Waals surface area contributed by atoms with Gasteiger partial charge in [-0.2, -0.15) is 5.10 Å². The minimum Gasteiger partial charge on any atom is -0.369 e. The first-order valence-corrected chi connectivity index (χ1v) is 9.93. The number of piperazine rings is 1. The molecular formula is C23H28N4.